The first kappa shape index (κ1) is 15.1. The number of nitriles is 1. The van der Waals surface area contributed by atoms with Crippen LogP contribution in [0.25, 0.3) is 22.4 Å². The highest BCUT2D eigenvalue weighted by atomic mass is 35.5. The van der Waals surface area contributed by atoms with Gasteiger partial charge in [0.15, 0.2) is 0 Å². The number of nitrogens with zero attached hydrogens (tertiary/aromatic N) is 1. The third kappa shape index (κ3) is 2.90. The lowest BCUT2D eigenvalue weighted by atomic mass is 9.97. The van der Waals surface area contributed by atoms with Gasteiger partial charge in [0.05, 0.1) is 0 Å². The molecule has 0 saturated carbocycles. The van der Waals surface area contributed by atoms with Crippen LogP contribution in [0.4, 0.5) is 0 Å². The van der Waals surface area contributed by atoms with Gasteiger partial charge in [-0.25, -0.2) is 0 Å². The zero-order valence-corrected chi connectivity index (χ0v) is 13.2. The van der Waals surface area contributed by atoms with Gasteiger partial charge in [-0.2, -0.15) is 5.26 Å². The van der Waals surface area contributed by atoms with Gasteiger partial charge in [0.25, 0.3) is 5.56 Å². The van der Waals surface area contributed by atoms with Gasteiger partial charge in [-0.15, -0.1) is 0 Å². The van der Waals surface area contributed by atoms with Crippen LogP contribution in [0.5, 0.6) is 0 Å². The molecule has 0 saturated heterocycles. The molecule has 3 aromatic rings. The van der Waals surface area contributed by atoms with Crippen molar-refractivity contribution < 1.29 is 0 Å². The minimum atomic E-state index is -0.400. The number of benzene rings is 2. The molecular formula is C19H13ClN2O. The number of aryl methyl sites for hydroxylation is 1. The Morgan fingerprint density at radius 3 is 2.52 bits per heavy atom. The minimum absolute atomic E-state index is 0.0876. The van der Waals surface area contributed by atoms with Crippen molar-refractivity contribution in [3.63, 3.8) is 0 Å². The molecule has 4 heteroatoms. The van der Waals surface area contributed by atoms with E-state index in [0.29, 0.717) is 16.3 Å². The molecule has 3 nitrogen and oxygen atoms in total. The number of aromatic amines is 1. The van der Waals surface area contributed by atoms with Crippen molar-refractivity contribution in [1.82, 2.24) is 4.98 Å². The average molecular weight is 321 g/mol. The summed E-state index contributed by atoms with van der Waals surface area (Å²) < 4.78 is 0. The molecule has 23 heavy (non-hydrogen) atoms. The van der Waals surface area contributed by atoms with Crippen LogP contribution in [0, 0.1) is 18.3 Å². The van der Waals surface area contributed by atoms with Crippen LogP contribution in [0.3, 0.4) is 0 Å². The Labute approximate surface area is 138 Å². The fourth-order valence-corrected chi connectivity index (χ4v) is 2.76. The van der Waals surface area contributed by atoms with Crippen molar-refractivity contribution in [3.05, 3.63) is 81.1 Å². The Bertz CT molecular complexity index is 983. The molecule has 1 aromatic heterocycles. The predicted octanol–water partition coefficient (Wildman–Crippen LogP) is 4.54. The summed E-state index contributed by atoms with van der Waals surface area (Å²) in [7, 11) is 0. The number of hydrogen-bond acceptors (Lipinski definition) is 2. The summed E-state index contributed by atoms with van der Waals surface area (Å²) in [6.45, 7) is 1.98. The third-order valence-electron chi connectivity index (χ3n) is 3.72. The van der Waals surface area contributed by atoms with Crippen molar-refractivity contribution in [2.75, 3.05) is 0 Å². The van der Waals surface area contributed by atoms with E-state index in [0.717, 1.165) is 16.7 Å². The van der Waals surface area contributed by atoms with E-state index >= 15 is 0 Å². The average Bonchev–Trinajstić information content (AvgIpc) is 2.54. The molecule has 0 unspecified atom stereocenters. The topological polar surface area (TPSA) is 56.6 Å². The highest BCUT2D eigenvalue weighted by Crippen LogP contribution is 2.28. The van der Waals surface area contributed by atoms with Gasteiger partial charge in [0.2, 0.25) is 0 Å². The number of nitrogens with one attached hydrogen (secondary N) is 1. The molecule has 2 aromatic carbocycles. The first-order valence-electron chi connectivity index (χ1n) is 7.09. The van der Waals surface area contributed by atoms with Gasteiger partial charge in [-0.3, -0.25) is 4.79 Å². The fourth-order valence-electron chi connectivity index (χ4n) is 2.57. The Balaban J connectivity index is 2.30. The number of halogens is 1. The van der Waals surface area contributed by atoms with Crippen molar-refractivity contribution in [2.24, 2.45) is 0 Å². The summed E-state index contributed by atoms with van der Waals surface area (Å²) in [5.41, 5.74) is 3.67. The van der Waals surface area contributed by atoms with Crippen molar-refractivity contribution >= 4 is 11.6 Å². The summed E-state index contributed by atoms with van der Waals surface area (Å²) >= 11 is 6.04. The molecule has 1 N–H and O–H groups in total. The summed E-state index contributed by atoms with van der Waals surface area (Å²) in [5.74, 6) is 0. The molecule has 0 bridgehead atoms. The molecule has 112 valence electrons. The van der Waals surface area contributed by atoms with Gasteiger partial charge in [0.1, 0.15) is 11.6 Å². The Kier molecular flexibility index (Phi) is 4.01. The van der Waals surface area contributed by atoms with E-state index in [1.165, 1.54) is 0 Å². The van der Waals surface area contributed by atoms with Gasteiger partial charge >= 0.3 is 0 Å². The number of pyridine rings is 1. The van der Waals surface area contributed by atoms with E-state index in [2.05, 4.69) is 4.98 Å². The minimum Gasteiger partial charge on any atom is -0.321 e. The van der Waals surface area contributed by atoms with Crippen LogP contribution in [0.15, 0.2) is 59.4 Å². The van der Waals surface area contributed by atoms with E-state index < -0.39 is 5.56 Å². The molecule has 0 spiro atoms. The van der Waals surface area contributed by atoms with E-state index in [1.807, 2.05) is 49.4 Å². The SMILES string of the molecule is Cc1ccccc1-c1cc(-c2cccc(Cl)c2)c(C#N)c(=O)[nH]1. The zero-order valence-electron chi connectivity index (χ0n) is 12.4. The molecular weight excluding hydrogens is 308 g/mol. The second-order valence-electron chi connectivity index (χ2n) is 5.24. The molecule has 0 atom stereocenters. The lowest BCUT2D eigenvalue weighted by molar-refractivity contribution is 1.21. The fraction of sp³-hybridized carbons (Fsp3) is 0.0526. The lowest BCUT2D eigenvalue weighted by Gasteiger charge is -2.10. The van der Waals surface area contributed by atoms with Gasteiger partial charge in [-0.05, 0) is 36.2 Å². The van der Waals surface area contributed by atoms with Crippen LogP contribution < -0.4 is 5.56 Å². The predicted molar refractivity (Wildman–Crippen MR) is 92.4 cm³/mol. The van der Waals surface area contributed by atoms with Crippen molar-refractivity contribution in [3.8, 4) is 28.5 Å². The van der Waals surface area contributed by atoms with E-state index in [9.17, 15) is 10.1 Å². The Hall–Kier alpha value is -2.83. The van der Waals surface area contributed by atoms with Crippen molar-refractivity contribution in [2.45, 2.75) is 6.92 Å². The maximum absolute atomic E-state index is 12.3. The highest BCUT2D eigenvalue weighted by Gasteiger charge is 2.13. The largest absolute Gasteiger partial charge is 0.321 e. The number of rotatable bonds is 2. The molecule has 0 radical (unpaired) electrons. The van der Waals surface area contributed by atoms with Gasteiger partial charge in [-0.1, -0.05) is 48.0 Å². The smallest absolute Gasteiger partial charge is 0.266 e. The van der Waals surface area contributed by atoms with Crippen LogP contribution in [0.2, 0.25) is 5.02 Å². The van der Waals surface area contributed by atoms with Crippen LogP contribution in [0.1, 0.15) is 11.1 Å². The molecule has 0 fully saturated rings. The first-order valence-corrected chi connectivity index (χ1v) is 7.47. The second kappa shape index (κ2) is 6.12. The summed E-state index contributed by atoms with van der Waals surface area (Å²) in [6.07, 6.45) is 0. The molecule has 0 amide bonds. The second-order valence-corrected chi connectivity index (χ2v) is 5.67. The molecule has 3 rings (SSSR count). The molecule has 0 aliphatic rings. The standard InChI is InChI=1S/C19H13ClN2O/c1-12-5-2-3-8-15(12)18-10-16(17(11-21)19(23)22-18)13-6-4-7-14(20)9-13/h2-10H,1H3,(H,22,23). The maximum atomic E-state index is 12.3. The summed E-state index contributed by atoms with van der Waals surface area (Å²) in [6, 6.07) is 18.7. The van der Waals surface area contributed by atoms with Gasteiger partial charge in [0, 0.05) is 21.8 Å². The van der Waals surface area contributed by atoms with Crippen molar-refractivity contribution in [1.29, 1.82) is 5.26 Å². The van der Waals surface area contributed by atoms with E-state index in [4.69, 9.17) is 11.6 Å². The third-order valence-corrected chi connectivity index (χ3v) is 3.95. The summed E-state index contributed by atoms with van der Waals surface area (Å²) in [5, 5.41) is 9.90. The monoisotopic (exact) mass is 320 g/mol. The molecule has 1 heterocycles. The Morgan fingerprint density at radius 1 is 1.04 bits per heavy atom. The highest BCUT2D eigenvalue weighted by molar-refractivity contribution is 6.30. The molecule has 0 aliphatic heterocycles. The number of hydrogen-bond donors (Lipinski definition) is 1. The zero-order chi connectivity index (χ0) is 16.4. The van der Waals surface area contributed by atoms with Crippen LogP contribution >= 0.6 is 11.6 Å². The molecule has 0 aliphatic carbocycles. The van der Waals surface area contributed by atoms with Crippen LogP contribution in [-0.2, 0) is 0 Å². The lowest BCUT2D eigenvalue weighted by Crippen LogP contribution is -2.12. The Morgan fingerprint density at radius 2 is 1.83 bits per heavy atom. The quantitative estimate of drug-likeness (QED) is 0.753. The van der Waals surface area contributed by atoms with Crippen LogP contribution in [-0.4, -0.2) is 4.98 Å². The van der Waals surface area contributed by atoms with E-state index in [1.54, 1.807) is 18.2 Å². The normalized spacial score (nSPS) is 10.3. The number of aromatic nitrogens is 1. The first-order chi connectivity index (χ1) is 11.1. The maximum Gasteiger partial charge on any atom is 0.266 e. The van der Waals surface area contributed by atoms with Gasteiger partial charge < -0.3 is 4.98 Å². The number of H-pyrrole nitrogens is 1. The summed E-state index contributed by atoms with van der Waals surface area (Å²) in [4.78, 5) is 15.1. The van der Waals surface area contributed by atoms with E-state index in [-0.39, 0.29) is 5.56 Å².